The molecule has 0 aliphatic carbocycles. The normalized spacial score (nSPS) is 9.67. The maximum atomic E-state index is 10.5. The number of anilines is 2. The second kappa shape index (κ2) is 5.79. The van der Waals surface area contributed by atoms with E-state index in [4.69, 9.17) is 5.73 Å². The van der Waals surface area contributed by atoms with E-state index < -0.39 is 0 Å². The van der Waals surface area contributed by atoms with Gasteiger partial charge in [0, 0.05) is 19.5 Å². The fourth-order valence-corrected chi connectivity index (χ4v) is 1.03. The molecular weight excluding hydrogens is 194 g/mol. The van der Waals surface area contributed by atoms with E-state index in [1.54, 1.807) is 12.4 Å². The molecule has 0 saturated carbocycles. The smallest absolute Gasteiger partial charge is 0.219 e. The third-order valence-corrected chi connectivity index (χ3v) is 1.67. The zero-order chi connectivity index (χ0) is 11.1. The number of nitrogens with zero attached hydrogens (tertiary/aromatic N) is 2. The highest BCUT2D eigenvalue weighted by molar-refractivity contribution is 5.74. The Balaban J connectivity index is 2.46. The van der Waals surface area contributed by atoms with Crippen molar-refractivity contribution in [2.45, 2.75) is 13.3 Å². The fourth-order valence-electron chi connectivity index (χ4n) is 1.03. The first-order chi connectivity index (χ1) is 7.22. The first kappa shape index (κ1) is 11.2. The van der Waals surface area contributed by atoms with Gasteiger partial charge in [-0.2, -0.15) is 0 Å². The number of rotatable bonds is 6. The average molecular weight is 209 g/mol. The van der Waals surface area contributed by atoms with Crippen LogP contribution in [0.25, 0.3) is 0 Å². The molecule has 0 saturated heterocycles. The molecule has 1 aromatic rings. The summed E-state index contributed by atoms with van der Waals surface area (Å²) < 4.78 is 0. The van der Waals surface area contributed by atoms with E-state index in [-0.39, 0.29) is 12.3 Å². The van der Waals surface area contributed by atoms with Crippen LogP contribution in [-0.4, -0.2) is 29.0 Å². The van der Waals surface area contributed by atoms with Gasteiger partial charge in [-0.1, -0.05) is 0 Å². The largest absolute Gasteiger partial charge is 0.370 e. The molecule has 0 atom stereocenters. The monoisotopic (exact) mass is 209 g/mol. The van der Waals surface area contributed by atoms with Gasteiger partial charge in [-0.25, -0.2) is 4.98 Å². The molecular formula is C9H15N5O. The van der Waals surface area contributed by atoms with Gasteiger partial charge in [0.25, 0.3) is 0 Å². The summed E-state index contributed by atoms with van der Waals surface area (Å²) in [5.41, 5.74) is 5.01. The van der Waals surface area contributed by atoms with Gasteiger partial charge in [0.1, 0.15) is 11.6 Å². The second-order valence-electron chi connectivity index (χ2n) is 2.96. The Morgan fingerprint density at radius 3 is 2.67 bits per heavy atom. The Morgan fingerprint density at radius 2 is 2.07 bits per heavy atom. The van der Waals surface area contributed by atoms with Gasteiger partial charge in [-0.05, 0) is 6.92 Å². The Bertz CT molecular complexity index is 328. The van der Waals surface area contributed by atoms with Crippen molar-refractivity contribution >= 4 is 17.5 Å². The second-order valence-corrected chi connectivity index (χ2v) is 2.96. The summed E-state index contributed by atoms with van der Waals surface area (Å²) in [6.07, 6.45) is 3.53. The zero-order valence-electron chi connectivity index (χ0n) is 8.66. The summed E-state index contributed by atoms with van der Waals surface area (Å²) in [6.45, 7) is 3.24. The van der Waals surface area contributed by atoms with Gasteiger partial charge in [0.2, 0.25) is 5.91 Å². The van der Waals surface area contributed by atoms with Gasteiger partial charge in [0.05, 0.1) is 12.4 Å². The van der Waals surface area contributed by atoms with Crippen molar-refractivity contribution in [3.05, 3.63) is 12.4 Å². The van der Waals surface area contributed by atoms with Crippen molar-refractivity contribution in [3.63, 3.8) is 0 Å². The summed E-state index contributed by atoms with van der Waals surface area (Å²) in [5, 5.41) is 6.00. The first-order valence-corrected chi connectivity index (χ1v) is 4.80. The lowest BCUT2D eigenvalue weighted by atomic mass is 10.4. The fraction of sp³-hybridized carbons (Fsp3) is 0.444. The molecule has 0 spiro atoms. The number of aromatic nitrogens is 2. The Morgan fingerprint density at radius 1 is 1.40 bits per heavy atom. The molecule has 6 nitrogen and oxygen atoms in total. The standard InChI is InChI=1S/C9H15N5O/c1-2-12-8-5-11-6-9(14-8)13-4-3-7(10)15/h5-6H,2-4H2,1H3,(H2,10,15)(H2,12,13,14). The topological polar surface area (TPSA) is 92.9 Å². The average Bonchev–Trinajstić information content (AvgIpc) is 2.18. The molecule has 1 aromatic heterocycles. The molecule has 1 heterocycles. The third-order valence-electron chi connectivity index (χ3n) is 1.67. The highest BCUT2D eigenvalue weighted by atomic mass is 16.1. The van der Waals surface area contributed by atoms with Crippen LogP contribution in [0.1, 0.15) is 13.3 Å². The van der Waals surface area contributed by atoms with E-state index in [1.165, 1.54) is 0 Å². The van der Waals surface area contributed by atoms with Gasteiger partial charge in [-0.3, -0.25) is 9.78 Å². The third kappa shape index (κ3) is 4.26. The maximum absolute atomic E-state index is 10.5. The van der Waals surface area contributed by atoms with E-state index in [0.29, 0.717) is 18.2 Å². The number of carbonyl (C=O) groups excluding carboxylic acids is 1. The maximum Gasteiger partial charge on any atom is 0.219 e. The molecule has 0 aliphatic heterocycles. The molecule has 4 N–H and O–H groups in total. The predicted molar refractivity (Wildman–Crippen MR) is 58.5 cm³/mol. The van der Waals surface area contributed by atoms with Crippen LogP contribution in [0.15, 0.2) is 12.4 Å². The minimum absolute atomic E-state index is 0.285. The number of nitrogens with two attached hydrogens (primary N) is 1. The SMILES string of the molecule is CCNc1cncc(NCCC(N)=O)n1. The van der Waals surface area contributed by atoms with Crippen molar-refractivity contribution in [1.82, 2.24) is 9.97 Å². The zero-order valence-corrected chi connectivity index (χ0v) is 8.66. The van der Waals surface area contributed by atoms with Crippen LogP contribution < -0.4 is 16.4 Å². The molecule has 6 heteroatoms. The Hall–Kier alpha value is -1.85. The van der Waals surface area contributed by atoms with E-state index in [2.05, 4.69) is 20.6 Å². The van der Waals surface area contributed by atoms with Crippen LogP contribution >= 0.6 is 0 Å². The lowest BCUT2D eigenvalue weighted by Crippen LogP contribution is -2.16. The summed E-state index contributed by atoms with van der Waals surface area (Å²) in [7, 11) is 0. The number of carbonyl (C=O) groups is 1. The van der Waals surface area contributed by atoms with E-state index in [0.717, 1.165) is 6.54 Å². The Kier molecular flexibility index (Phi) is 4.33. The number of hydrogen-bond donors (Lipinski definition) is 3. The highest BCUT2D eigenvalue weighted by Gasteiger charge is 1.98. The molecule has 0 bridgehead atoms. The van der Waals surface area contributed by atoms with Crippen molar-refractivity contribution < 1.29 is 4.79 Å². The lowest BCUT2D eigenvalue weighted by Gasteiger charge is -2.06. The van der Waals surface area contributed by atoms with Gasteiger partial charge in [0.15, 0.2) is 0 Å². The number of amides is 1. The minimum atomic E-state index is -0.335. The summed E-state index contributed by atoms with van der Waals surface area (Å²) in [5.74, 6) is 1.01. The van der Waals surface area contributed by atoms with Gasteiger partial charge < -0.3 is 16.4 Å². The van der Waals surface area contributed by atoms with Crippen molar-refractivity contribution in [2.24, 2.45) is 5.73 Å². The van der Waals surface area contributed by atoms with Crippen LogP contribution in [0.3, 0.4) is 0 Å². The van der Waals surface area contributed by atoms with E-state index in [9.17, 15) is 4.79 Å². The van der Waals surface area contributed by atoms with Crippen LogP contribution in [0.4, 0.5) is 11.6 Å². The predicted octanol–water partition coefficient (Wildman–Crippen LogP) is 0.196. The molecule has 1 amide bonds. The Labute approximate surface area is 88.3 Å². The number of primary amides is 1. The summed E-state index contributed by atoms with van der Waals surface area (Å²) >= 11 is 0. The molecule has 15 heavy (non-hydrogen) atoms. The first-order valence-electron chi connectivity index (χ1n) is 4.80. The van der Waals surface area contributed by atoms with Gasteiger partial charge >= 0.3 is 0 Å². The van der Waals surface area contributed by atoms with Crippen LogP contribution in [0, 0.1) is 0 Å². The van der Waals surface area contributed by atoms with E-state index >= 15 is 0 Å². The van der Waals surface area contributed by atoms with Crippen LogP contribution in [-0.2, 0) is 4.79 Å². The summed E-state index contributed by atoms with van der Waals surface area (Å²) in [4.78, 5) is 18.7. The molecule has 82 valence electrons. The highest BCUT2D eigenvalue weighted by Crippen LogP contribution is 2.05. The summed E-state index contributed by atoms with van der Waals surface area (Å²) in [6, 6.07) is 0. The molecule has 0 fully saturated rings. The number of hydrogen-bond acceptors (Lipinski definition) is 5. The van der Waals surface area contributed by atoms with Crippen molar-refractivity contribution in [2.75, 3.05) is 23.7 Å². The van der Waals surface area contributed by atoms with Crippen molar-refractivity contribution in [1.29, 1.82) is 0 Å². The van der Waals surface area contributed by atoms with Crippen LogP contribution in [0.5, 0.6) is 0 Å². The van der Waals surface area contributed by atoms with Crippen LogP contribution in [0.2, 0.25) is 0 Å². The molecule has 0 aliphatic rings. The van der Waals surface area contributed by atoms with Crippen molar-refractivity contribution in [3.8, 4) is 0 Å². The number of nitrogens with one attached hydrogen (secondary N) is 2. The molecule has 0 aromatic carbocycles. The molecule has 1 rings (SSSR count). The molecule has 0 unspecified atom stereocenters. The lowest BCUT2D eigenvalue weighted by molar-refractivity contribution is -0.117. The van der Waals surface area contributed by atoms with E-state index in [1.807, 2.05) is 6.92 Å². The quantitative estimate of drug-likeness (QED) is 0.622. The minimum Gasteiger partial charge on any atom is -0.370 e. The van der Waals surface area contributed by atoms with Gasteiger partial charge in [-0.15, -0.1) is 0 Å². The molecule has 0 radical (unpaired) electrons.